The van der Waals surface area contributed by atoms with E-state index in [1.54, 1.807) is 0 Å². The van der Waals surface area contributed by atoms with E-state index in [-0.39, 0.29) is 0 Å². The molecule has 0 spiro atoms. The quantitative estimate of drug-likeness (QED) is 0.801. The van der Waals surface area contributed by atoms with E-state index in [4.69, 9.17) is 4.74 Å². The van der Waals surface area contributed by atoms with Gasteiger partial charge >= 0.3 is 0 Å². The summed E-state index contributed by atoms with van der Waals surface area (Å²) in [7, 11) is 1.96. The van der Waals surface area contributed by atoms with Gasteiger partial charge in [0.25, 0.3) is 0 Å². The summed E-state index contributed by atoms with van der Waals surface area (Å²) in [5, 5.41) is 3.17. The lowest BCUT2D eigenvalue weighted by Crippen LogP contribution is -2.09. The largest absolute Gasteiger partial charge is 0.493 e. The van der Waals surface area contributed by atoms with Crippen LogP contribution < -0.4 is 10.1 Å². The summed E-state index contributed by atoms with van der Waals surface area (Å²) in [5.41, 5.74) is 3.80. The minimum atomic E-state index is 0.793. The molecule has 0 atom stereocenters. The summed E-state index contributed by atoms with van der Waals surface area (Å²) >= 11 is 0. The molecule has 1 rings (SSSR count). The molecule has 0 aliphatic heterocycles. The molecule has 0 aliphatic carbocycles. The van der Waals surface area contributed by atoms with E-state index >= 15 is 0 Å². The van der Waals surface area contributed by atoms with Crippen molar-refractivity contribution in [2.24, 2.45) is 0 Å². The van der Waals surface area contributed by atoms with Crippen molar-refractivity contribution < 1.29 is 4.74 Å². The lowest BCUT2D eigenvalue weighted by atomic mass is 10.0. The fourth-order valence-corrected chi connectivity index (χ4v) is 1.58. The van der Waals surface area contributed by atoms with Crippen molar-refractivity contribution in [2.75, 3.05) is 13.7 Å². The molecule has 0 saturated heterocycles. The normalized spacial score (nSPS) is 10.4. The molecule has 0 fully saturated rings. The van der Waals surface area contributed by atoms with Crippen molar-refractivity contribution in [2.45, 2.75) is 33.7 Å². The van der Waals surface area contributed by atoms with E-state index in [1.807, 2.05) is 7.05 Å². The number of ether oxygens (including phenoxy) is 1. The van der Waals surface area contributed by atoms with Gasteiger partial charge in [0, 0.05) is 12.1 Å². The van der Waals surface area contributed by atoms with Gasteiger partial charge in [0.05, 0.1) is 6.61 Å². The van der Waals surface area contributed by atoms with Crippen LogP contribution in [0.4, 0.5) is 0 Å². The first-order valence-corrected chi connectivity index (χ1v) is 5.57. The monoisotopic (exact) mass is 207 g/mol. The van der Waals surface area contributed by atoms with E-state index in [1.165, 1.54) is 16.7 Å². The Kier molecular flexibility index (Phi) is 4.63. The maximum Gasteiger partial charge on any atom is 0.126 e. The molecule has 0 saturated carbocycles. The topological polar surface area (TPSA) is 21.3 Å². The minimum Gasteiger partial charge on any atom is -0.493 e. The summed E-state index contributed by atoms with van der Waals surface area (Å²) in [5.74, 6) is 1.06. The molecule has 0 aromatic heterocycles. The summed E-state index contributed by atoms with van der Waals surface area (Å²) in [4.78, 5) is 0. The van der Waals surface area contributed by atoms with Gasteiger partial charge in [0.1, 0.15) is 5.75 Å². The van der Waals surface area contributed by atoms with E-state index in [0.717, 1.165) is 25.3 Å². The Bertz CT molecular complexity index is 321. The van der Waals surface area contributed by atoms with Gasteiger partial charge in [-0.2, -0.15) is 0 Å². The molecular formula is C13H21NO. The summed E-state index contributed by atoms with van der Waals surface area (Å²) < 4.78 is 5.81. The van der Waals surface area contributed by atoms with Crippen LogP contribution in [0.1, 0.15) is 30.0 Å². The Hall–Kier alpha value is -1.02. The zero-order valence-electron chi connectivity index (χ0n) is 10.2. The van der Waals surface area contributed by atoms with Crippen LogP contribution in [0.5, 0.6) is 5.75 Å². The third-order valence-corrected chi connectivity index (χ3v) is 2.58. The minimum absolute atomic E-state index is 0.793. The first-order valence-electron chi connectivity index (χ1n) is 5.57. The maximum absolute atomic E-state index is 5.81. The number of hydrogen-bond acceptors (Lipinski definition) is 2. The molecule has 2 nitrogen and oxygen atoms in total. The van der Waals surface area contributed by atoms with E-state index < -0.39 is 0 Å². The fraction of sp³-hybridized carbons (Fsp3) is 0.538. The van der Waals surface area contributed by atoms with Gasteiger partial charge in [0.15, 0.2) is 0 Å². The SMILES string of the molecule is CCCOc1c(CNC)ccc(C)c1C. The summed E-state index contributed by atoms with van der Waals surface area (Å²) in [6.45, 7) is 8.03. The van der Waals surface area contributed by atoms with Crippen LogP contribution in [0.25, 0.3) is 0 Å². The molecule has 0 bridgehead atoms. The van der Waals surface area contributed by atoms with Crippen LogP contribution in [0.3, 0.4) is 0 Å². The Morgan fingerprint density at radius 2 is 2.00 bits per heavy atom. The van der Waals surface area contributed by atoms with Crippen LogP contribution in [-0.2, 0) is 6.54 Å². The predicted octanol–water partition coefficient (Wildman–Crippen LogP) is 2.81. The standard InChI is InChI=1S/C13H21NO/c1-5-8-15-13-11(3)10(2)6-7-12(13)9-14-4/h6-7,14H,5,8-9H2,1-4H3. The Morgan fingerprint density at radius 1 is 1.27 bits per heavy atom. The Labute approximate surface area is 92.6 Å². The lowest BCUT2D eigenvalue weighted by Gasteiger charge is -2.15. The van der Waals surface area contributed by atoms with Crippen molar-refractivity contribution in [3.8, 4) is 5.75 Å². The molecule has 1 aromatic rings. The van der Waals surface area contributed by atoms with E-state index in [2.05, 4.69) is 38.2 Å². The second-order valence-electron chi connectivity index (χ2n) is 3.87. The number of rotatable bonds is 5. The second-order valence-corrected chi connectivity index (χ2v) is 3.87. The third-order valence-electron chi connectivity index (χ3n) is 2.58. The zero-order valence-corrected chi connectivity index (χ0v) is 10.2. The van der Waals surface area contributed by atoms with Gasteiger partial charge in [-0.15, -0.1) is 0 Å². The molecule has 84 valence electrons. The average Bonchev–Trinajstić information content (AvgIpc) is 2.23. The molecule has 2 heteroatoms. The number of aryl methyl sites for hydroxylation is 1. The van der Waals surface area contributed by atoms with Gasteiger partial charge in [-0.25, -0.2) is 0 Å². The van der Waals surface area contributed by atoms with E-state index in [9.17, 15) is 0 Å². The predicted molar refractivity (Wildman–Crippen MR) is 64.5 cm³/mol. The molecular weight excluding hydrogens is 186 g/mol. The summed E-state index contributed by atoms with van der Waals surface area (Å²) in [6.07, 6.45) is 1.05. The zero-order chi connectivity index (χ0) is 11.3. The smallest absolute Gasteiger partial charge is 0.126 e. The fourth-order valence-electron chi connectivity index (χ4n) is 1.58. The highest BCUT2D eigenvalue weighted by Gasteiger charge is 2.08. The molecule has 1 aromatic carbocycles. The first kappa shape index (κ1) is 12.1. The lowest BCUT2D eigenvalue weighted by molar-refractivity contribution is 0.311. The van der Waals surface area contributed by atoms with Crippen LogP contribution in [0, 0.1) is 13.8 Å². The molecule has 15 heavy (non-hydrogen) atoms. The van der Waals surface area contributed by atoms with Crippen molar-refractivity contribution in [1.82, 2.24) is 5.32 Å². The van der Waals surface area contributed by atoms with Gasteiger partial charge in [-0.3, -0.25) is 0 Å². The van der Waals surface area contributed by atoms with Gasteiger partial charge < -0.3 is 10.1 Å². The van der Waals surface area contributed by atoms with Crippen molar-refractivity contribution in [1.29, 1.82) is 0 Å². The van der Waals surface area contributed by atoms with Gasteiger partial charge in [0.2, 0.25) is 0 Å². The molecule has 0 unspecified atom stereocenters. The highest BCUT2D eigenvalue weighted by Crippen LogP contribution is 2.26. The second kappa shape index (κ2) is 5.76. The molecule has 1 N–H and O–H groups in total. The highest BCUT2D eigenvalue weighted by molar-refractivity contribution is 5.45. The first-order chi connectivity index (χ1) is 7.20. The molecule has 0 amide bonds. The number of hydrogen-bond donors (Lipinski definition) is 1. The van der Waals surface area contributed by atoms with Crippen LogP contribution in [0.15, 0.2) is 12.1 Å². The van der Waals surface area contributed by atoms with Crippen LogP contribution in [-0.4, -0.2) is 13.7 Å². The van der Waals surface area contributed by atoms with Gasteiger partial charge in [-0.05, 0) is 38.4 Å². The highest BCUT2D eigenvalue weighted by atomic mass is 16.5. The molecule has 0 radical (unpaired) electrons. The van der Waals surface area contributed by atoms with Crippen molar-refractivity contribution >= 4 is 0 Å². The molecule has 0 aliphatic rings. The molecule has 0 heterocycles. The van der Waals surface area contributed by atoms with Crippen molar-refractivity contribution in [3.63, 3.8) is 0 Å². The van der Waals surface area contributed by atoms with Gasteiger partial charge in [-0.1, -0.05) is 19.1 Å². The van der Waals surface area contributed by atoms with Crippen LogP contribution in [0.2, 0.25) is 0 Å². The number of benzene rings is 1. The third kappa shape index (κ3) is 2.96. The van der Waals surface area contributed by atoms with E-state index in [0.29, 0.717) is 0 Å². The number of nitrogens with one attached hydrogen (secondary N) is 1. The maximum atomic E-state index is 5.81. The summed E-state index contributed by atoms with van der Waals surface area (Å²) in [6, 6.07) is 4.30. The van der Waals surface area contributed by atoms with Crippen LogP contribution >= 0.6 is 0 Å². The Balaban J connectivity index is 2.99. The Morgan fingerprint density at radius 3 is 2.60 bits per heavy atom. The average molecular weight is 207 g/mol. The van der Waals surface area contributed by atoms with Crippen molar-refractivity contribution in [3.05, 3.63) is 28.8 Å².